The van der Waals surface area contributed by atoms with Gasteiger partial charge >= 0.3 is 6.18 Å². The number of rotatable bonds is 3. The molecule has 2 aromatic rings. The SMILES string of the molecule is N=C(N)c1sc(C2=NOC(c3sc(Cl)c(Cl)c3Cl)(C(F)(F)F)C2)c2c1CCCC2. The van der Waals surface area contributed by atoms with Gasteiger partial charge < -0.3 is 10.6 Å². The summed E-state index contributed by atoms with van der Waals surface area (Å²) in [5.41, 5.74) is 4.93. The van der Waals surface area contributed by atoms with Gasteiger partial charge in [0.2, 0.25) is 0 Å². The zero-order valence-electron chi connectivity index (χ0n) is 14.6. The highest BCUT2D eigenvalue weighted by molar-refractivity contribution is 7.18. The third-order valence-corrected chi connectivity index (χ3v) is 9.11. The lowest BCUT2D eigenvalue weighted by molar-refractivity contribution is -0.274. The molecule has 4 rings (SSSR count). The minimum atomic E-state index is -4.81. The third-order valence-electron chi connectivity index (χ3n) is 5.04. The number of nitrogens with zero attached hydrogens (tertiary/aromatic N) is 1. The van der Waals surface area contributed by atoms with Crippen molar-refractivity contribution in [2.24, 2.45) is 10.9 Å². The fourth-order valence-electron chi connectivity index (χ4n) is 3.66. The van der Waals surface area contributed by atoms with Crippen molar-refractivity contribution >= 4 is 69.0 Å². The molecule has 0 spiro atoms. The van der Waals surface area contributed by atoms with Crippen molar-refractivity contribution in [3.63, 3.8) is 0 Å². The molecule has 156 valence electrons. The van der Waals surface area contributed by atoms with Gasteiger partial charge in [-0.15, -0.1) is 22.7 Å². The van der Waals surface area contributed by atoms with E-state index in [1.165, 1.54) is 11.3 Å². The minimum Gasteiger partial charge on any atom is -0.383 e. The largest absolute Gasteiger partial charge is 0.436 e. The highest BCUT2D eigenvalue weighted by atomic mass is 35.5. The van der Waals surface area contributed by atoms with E-state index in [1.54, 1.807) is 0 Å². The van der Waals surface area contributed by atoms with Crippen molar-refractivity contribution in [2.45, 2.75) is 43.9 Å². The molecule has 29 heavy (non-hydrogen) atoms. The van der Waals surface area contributed by atoms with Crippen molar-refractivity contribution in [1.29, 1.82) is 5.41 Å². The summed E-state index contributed by atoms with van der Waals surface area (Å²) in [6.45, 7) is 0. The number of amidine groups is 1. The van der Waals surface area contributed by atoms with Crippen LogP contribution in [0.5, 0.6) is 0 Å². The molecule has 2 aromatic heterocycles. The van der Waals surface area contributed by atoms with E-state index in [1.807, 2.05) is 0 Å². The van der Waals surface area contributed by atoms with Crippen molar-refractivity contribution in [2.75, 3.05) is 0 Å². The Balaban J connectivity index is 1.80. The number of thiophene rings is 2. The Hall–Kier alpha value is -1.00. The summed E-state index contributed by atoms with van der Waals surface area (Å²) < 4.78 is 42.5. The van der Waals surface area contributed by atoms with Gasteiger partial charge in [-0.3, -0.25) is 5.41 Å². The topological polar surface area (TPSA) is 71.5 Å². The van der Waals surface area contributed by atoms with Gasteiger partial charge in [-0.1, -0.05) is 40.0 Å². The maximum Gasteiger partial charge on any atom is 0.436 e. The van der Waals surface area contributed by atoms with Gasteiger partial charge in [0.1, 0.15) is 15.9 Å². The van der Waals surface area contributed by atoms with E-state index in [0.717, 1.165) is 30.4 Å². The van der Waals surface area contributed by atoms with Gasteiger partial charge in [0, 0.05) is 0 Å². The predicted molar refractivity (Wildman–Crippen MR) is 111 cm³/mol. The van der Waals surface area contributed by atoms with Crippen molar-refractivity contribution in [3.8, 4) is 0 Å². The zero-order valence-corrected chi connectivity index (χ0v) is 18.5. The first kappa shape index (κ1) is 21.2. The minimum absolute atomic E-state index is 0.0419. The average molecular weight is 503 g/mol. The first-order valence-corrected chi connectivity index (χ1v) is 11.3. The molecule has 0 aromatic carbocycles. The van der Waals surface area contributed by atoms with Crippen LogP contribution < -0.4 is 5.73 Å². The summed E-state index contributed by atoms with van der Waals surface area (Å²) in [6, 6.07) is 0. The van der Waals surface area contributed by atoms with Crippen LogP contribution in [0.25, 0.3) is 0 Å². The Bertz CT molecular complexity index is 1050. The van der Waals surface area contributed by atoms with Crippen molar-refractivity contribution in [3.05, 3.63) is 40.1 Å². The Kier molecular flexibility index (Phi) is 5.35. The fourth-order valence-corrected chi connectivity index (χ4v) is 6.92. The highest BCUT2D eigenvalue weighted by Gasteiger charge is 2.64. The van der Waals surface area contributed by atoms with Gasteiger partial charge in [0.05, 0.1) is 31.1 Å². The number of nitrogens with two attached hydrogens (primary N) is 1. The highest BCUT2D eigenvalue weighted by Crippen LogP contribution is 2.56. The number of hydrogen-bond donors (Lipinski definition) is 2. The van der Waals surface area contributed by atoms with E-state index in [0.29, 0.717) is 27.5 Å². The van der Waals surface area contributed by atoms with Crippen molar-refractivity contribution < 1.29 is 18.0 Å². The second-order valence-electron chi connectivity index (χ2n) is 6.80. The first-order valence-electron chi connectivity index (χ1n) is 8.51. The number of halogens is 6. The summed E-state index contributed by atoms with van der Waals surface area (Å²) in [6.07, 6.45) is -2.08. The molecule has 4 nitrogen and oxygen atoms in total. The molecule has 1 aliphatic heterocycles. The van der Waals surface area contributed by atoms with Crippen LogP contribution in [-0.2, 0) is 23.3 Å². The molecule has 1 aliphatic carbocycles. The molecule has 1 unspecified atom stereocenters. The standard InChI is InChI=1S/C17H13Cl3F3N3OS2/c18-9-10(19)14(20)29-13(9)16(17(21,22)23)5-8(26-27-16)11-6-3-1-2-4-7(6)12(28-11)15(24)25/h1-5H2,(H3,24,25). The van der Waals surface area contributed by atoms with E-state index in [2.05, 4.69) is 5.16 Å². The smallest absolute Gasteiger partial charge is 0.383 e. The van der Waals surface area contributed by atoms with E-state index < -0.39 is 18.2 Å². The Labute approximate surface area is 186 Å². The number of fused-ring (bicyclic) bond motifs is 1. The van der Waals surface area contributed by atoms with Gasteiger partial charge in [-0.2, -0.15) is 13.2 Å². The van der Waals surface area contributed by atoms with Crippen LogP contribution >= 0.6 is 57.5 Å². The first-order chi connectivity index (χ1) is 13.6. The van der Waals surface area contributed by atoms with Crippen LogP contribution in [0.4, 0.5) is 13.2 Å². The molecule has 0 amide bonds. The number of nitrogen functional groups attached to an aromatic ring is 1. The van der Waals surface area contributed by atoms with E-state index in [4.69, 9.17) is 50.8 Å². The van der Waals surface area contributed by atoms with Crippen LogP contribution in [0.2, 0.25) is 14.4 Å². The van der Waals surface area contributed by atoms with Gasteiger partial charge in [-0.25, -0.2) is 0 Å². The number of hydrogen-bond acceptors (Lipinski definition) is 5. The second kappa shape index (κ2) is 7.30. The molecular weight excluding hydrogens is 490 g/mol. The quantitative estimate of drug-likeness (QED) is 0.371. The van der Waals surface area contributed by atoms with Crippen LogP contribution in [0, 0.1) is 5.41 Å². The van der Waals surface area contributed by atoms with Crippen LogP contribution in [0.1, 0.15) is 45.0 Å². The summed E-state index contributed by atoms with van der Waals surface area (Å²) >= 11 is 19.7. The predicted octanol–water partition coefficient (Wildman–Crippen LogP) is 6.51. The average Bonchev–Trinajstić information content (AvgIpc) is 3.32. The summed E-state index contributed by atoms with van der Waals surface area (Å²) in [5.74, 6) is -0.0964. The molecule has 0 saturated carbocycles. The Morgan fingerprint density at radius 1 is 1.10 bits per heavy atom. The Morgan fingerprint density at radius 3 is 2.31 bits per heavy atom. The van der Waals surface area contributed by atoms with E-state index in [9.17, 15) is 13.2 Å². The van der Waals surface area contributed by atoms with E-state index >= 15 is 0 Å². The third kappa shape index (κ3) is 3.26. The van der Waals surface area contributed by atoms with Crippen LogP contribution in [-0.4, -0.2) is 17.7 Å². The van der Waals surface area contributed by atoms with Gasteiger partial charge in [0.15, 0.2) is 0 Å². The maximum absolute atomic E-state index is 14.2. The maximum atomic E-state index is 14.2. The normalized spacial score (nSPS) is 21.7. The van der Waals surface area contributed by atoms with Crippen LogP contribution in [0.15, 0.2) is 5.16 Å². The molecular formula is C17H13Cl3F3N3OS2. The van der Waals surface area contributed by atoms with Gasteiger partial charge in [-0.05, 0) is 36.8 Å². The fraction of sp³-hybridized carbons (Fsp3) is 0.412. The monoisotopic (exact) mass is 501 g/mol. The second-order valence-corrected chi connectivity index (χ2v) is 10.2. The molecule has 1 atom stereocenters. The lowest BCUT2D eigenvalue weighted by atomic mass is 9.88. The van der Waals surface area contributed by atoms with Gasteiger partial charge in [0.25, 0.3) is 5.60 Å². The molecule has 3 heterocycles. The Morgan fingerprint density at radius 2 is 1.76 bits per heavy atom. The molecule has 2 aliphatic rings. The summed E-state index contributed by atoms with van der Waals surface area (Å²) in [7, 11) is 0. The molecule has 0 radical (unpaired) electrons. The molecule has 12 heteroatoms. The number of alkyl halides is 3. The molecule has 3 N–H and O–H groups in total. The lowest BCUT2D eigenvalue weighted by Gasteiger charge is -2.28. The van der Waals surface area contributed by atoms with Crippen LogP contribution in [0.3, 0.4) is 0 Å². The molecule has 0 fully saturated rings. The zero-order chi connectivity index (χ0) is 21.1. The lowest BCUT2D eigenvalue weighted by Crippen LogP contribution is -2.42. The molecule has 0 saturated heterocycles. The number of nitrogens with one attached hydrogen (secondary N) is 1. The number of oxime groups is 1. The summed E-state index contributed by atoms with van der Waals surface area (Å²) in [5, 5.41) is 11.2. The molecule has 0 bridgehead atoms. The van der Waals surface area contributed by atoms with E-state index in [-0.39, 0.29) is 30.8 Å². The van der Waals surface area contributed by atoms with Crippen molar-refractivity contribution in [1.82, 2.24) is 0 Å². The summed E-state index contributed by atoms with van der Waals surface area (Å²) in [4.78, 5) is 5.91.